The third-order valence-electron chi connectivity index (χ3n) is 9.64. The van der Waals surface area contributed by atoms with Gasteiger partial charge in [0, 0.05) is 16.8 Å². The normalized spacial score (nSPS) is 21.1. The van der Waals surface area contributed by atoms with E-state index in [9.17, 15) is 4.57 Å². The first-order chi connectivity index (χ1) is 19.6. The highest BCUT2D eigenvalue weighted by atomic mass is 31.2. The number of allylic oxidation sites excluding steroid dienone is 1. The molecule has 240 valence electrons. The van der Waals surface area contributed by atoms with Crippen molar-refractivity contribution in [3.63, 3.8) is 0 Å². The van der Waals surface area contributed by atoms with Crippen LogP contribution in [0.4, 0.5) is 0 Å². The molecule has 43 heavy (non-hydrogen) atoms. The lowest BCUT2D eigenvalue weighted by Crippen LogP contribution is -2.58. The fourth-order valence-corrected chi connectivity index (χ4v) is 11.4. The monoisotopic (exact) mass is 658 g/mol. The van der Waals surface area contributed by atoms with Crippen molar-refractivity contribution >= 4 is 42.7 Å². The van der Waals surface area contributed by atoms with E-state index in [-0.39, 0.29) is 28.4 Å². The second-order valence-corrected chi connectivity index (χ2v) is 33.2. The van der Waals surface area contributed by atoms with Crippen molar-refractivity contribution in [2.75, 3.05) is 6.16 Å². The van der Waals surface area contributed by atoms with Crippen LogP contribution in [-0.2, 0) is 17.8 Å². The molecule has 3 rings (SSSR count). The Hall–Kier alpha value is -1.06. The van der Waals surface area contributed by atoms with E-state index < -0.39 is 32.1 Å². The molecule has 0 aromatic heterocycles. The minimum Gasteiger partial charge on any atom is -0.411 e. The molecule has 0 amide bonds. The fourth-order valence-electron chi connectivity index (χ4n) is 5.08. The van der Waals surface area contributed by atoms with Crippen LogP contribution in [0, 0.1) is 0 Å². The van der Waals surface area contributed by atoms with Gasteiger partial charge in [0.25, 0.3) is 0 Å². The van der Waals surface area contributed by atoms with Gasteiger partial charge in [0.1, 0.15) is 7.14 Å². The lowest BCUT2D eigenvalue weighted by molar-refractivity contribution is -0.0502. The van der Waals surface area contributed by atoms with Gasteiger partial charge in [-0.1, -0.05) is 114 Å². The Bertz CT molecular complexity index is 1190. The first-order valence-electron chi connectivity index (χ1n) is 16.0. The second kappa shape index (κ2) is 13.4. The highest BCUT2D eigenvalue weighted by molar-refractivity contribution is 7.78. The van der Waals surface area contributed by atoms with E-state index in [1.165, 1.54) is 5.57 Å². The van der Waals surface area contributed by atoms with E-state index in [0.717, 1.165) is 23.5 Å². The molecule has 0 spiro atoms. The molecular formula is C35H59O4PSi3. The maximum Gasteiger partial charge on any atom is 0.192 e. The summed E-state index contributed by atoms with van der Waals surface area (Å²) in [6.45, 7) is 29.9. The Morgan fingerprint density at radius 3 is 1.37 bits per heavy atom. The molecule has 8 heteroatoms. The van der Waals surface area contributed by atoms with Crippen molar-refractivity contribution in [1.82, 2.24) is 0 Å². The molecule has 2 unspecified atom stereocenters. The van der Waals surface area contributed by atoms with Crippen molar-refractivity contribution in [2.45, 2.75) is 129 Å². The van der Waals surface area contributed by atoms with Gasteiger partial charge in [-0.3, -0.25) is 0 Å². The minimum absolute atomic E-state index is 0.0736. The van der Waals surface area contributed by atoms with Crippen molar-refractivity contribution in [2.24, 2.45) is 0 Å². The lowest BCUT2D eigenvalue weighted by Gasteiger charge is -2.49. The number of hydrogen-bond donors (Lipinski definition) is 0. The van der Waals surface area contributed by atoms with Gasteiger partial charge in [0.05, 0.1) is 18.3 Å². The highest BCUT2D eigenvalue weighted by Gasteiger charge is 2.49. The van der Waals surface area contributed by atoms with Crippen LogP contribution in [0.3, 0.4) is 0 Å². The van der Waals surface area contributed by atoms with Gasteiger partial charge in [0.15, 0.2) is 25.0 Å². The number of hydrogen-bond acceptors (Lipinski definition) is 4. The molecule has 4 nitrogen and oxygen atoms in total. The number of benzene rings is 2. The molecule has 1 aliphatic carbocycles. The third-order valence-corrected chi connectivity index (χ3v) is 22.6. The Morgan fingerprint density at radius 2 is 1.05 bits per heavy atom. The summed E-state index contributed by atoms with van der Waals surface area (Å²) in [5.74, 6) is 0. The maximum absolute atomic E-state index is 14.9. The zero-order valence-corrected chi connectivity index (χ0v) is 33.2. The van der Waals surface area contributed by atoms with Crippen molar-refractivity contribution in [3.8, 4) is 0 Å². The van der Waals surface area contributed by atoms with Gasteiger partial charge in [0.2, 0.25) is 0 Å². The van der Waals surface area contributed by atoms with Gasteiger partial charge in [-0.15, -0.1) is 0 Å². The molecule has 0 radical (unpaired) electrons. The first kappa shape index (κ1) is 36.4. The van der Waals surface area contributed by atoms with E-state index in [1.54, 1.807) is 0 Å². The van der Waals surface area contributed by atoms with Crippen LogP contribution in [0.2, 0.25) is 55.9 Å². The average molecular weight is 659 g/mol. The summed E-state index contributed by atoms with van der Waals surface area (Å²) in [6.07, 6.45) is 3.98. The highest BCUT2D eigenvalue weighted by Crippen LogP contribution is 2.47. The Labute approximate surface area is 266 Å². The van der Waals surface area contributed by atoms with Crippen molar-refractivity contribution in [3.05, 3.63) is 72.3 Å². The molecule has 0 N–H and O–H groups in total. The summed E-state index contributed by atoms with van der Waals surface area (Å²) in [5.41, 5.74) is 1.27. The standard InChI is InChI=1S/C35H59O4PSi3/c1-34(2,3)42(10,11)37-31-26-28(27-32(33(31)39-41(7,8)9)38-43(12,13)35(4,5)6)24-25-40(36,29-20-16-14-17-21-29)30-22-18-15-19-23-30/h14-24,31-33H,25-27H2,1-13H3. The smallest absolute Gasteiger partial charge is 0.192 e. The predicted octanol–water partition coefficient (Wildman–Crippen LogP) is 9.72. The van der Waals surface area contributed by atoms with Crippen LogP contribution >= 0.6 is 7.14 Å². The zero-order valence-electron chi connectivity index (χ0n) is 29.3. The van der Waals surface area contributed by atoms with Crippen molar-refractivity contribution < 1.29 is 17.8 Å². The van der Waals surface area contributed by atoms with Crippen LogP contribution in [0.5, 0.6) is 0 Å². The molecule has 2 aromatic rings. The molecule has 0 saturated heterocycles. The number of rotatable bonds is 10. The van der Waals surface area contributed by atoms with Gasteiger partial charge in [-0.2, -0.15) is 0 Å². The largest absolute Gasteiger partial charge is 0.411 e. The minimum atomic E-state index is -2.88. The summed E-state index contributed by atoms with van der Waals surface area (Å²) < 4.78 is 36.3. The third kappa shape index (κ3) is 9.25. The topological polar surface area (TPSA) is 44.8 Å². The summed E-state index contributed by atoms with van der Waals surface area (Å²) >= 11 is 0. The average Bonchev–Trinajstić information content (AvgIpc) is 2.88. The molecule has 0 aliphatic heterocycles. The molecule has 2 atom stereocenters. The maximum atomic E-state index is 14.9. The summed E-state index contributed by atoms with van der Waals surface area (Å²) in [7, 11) is -9.04. The van der Waals surface area contributed by atoms with Crippen LogP contribution in [0.1, 0.15) is 54.4 Å². The Morgan fingerprint density at radius 1 is 0.674 bits per heavy atom. The van der Waals surface area contributed by atoms with Crippen molar-refractivity contribution in [1.29, 1.82) is 0 Å². The van der Waals surface area contributed by atoms with E-state index in [1.807, 2.05) is 60.7 Å². The van der Waals surface area contributed by atoms with Gasteiger partial charge in [-0.05, 0) is 68.7 Å². The Balaban J connectivity index is 2.10. The van der Waals surface area contributed by atoms with Gasteiger partial charge < -0.3 is 17.8 Å². The Kier molecular flexibility index (Phi) is 11.3. The van der Waals surface area contributed by atoms with Gasteiger partial charge >= 0.3 is 0 Å². The summed E-state index contributed by atoms with van der Waals surface area (Å²) in [5, 5.41) is 1.95. The lowest BCUT2D eigenvalue weighted by atomic mass is 9.88. The molecule has 1 fully saturated rings. The first-order valence-corrected chi connectivity index (χ1v) is 27.1. The van der Waals surface area contributed by atoms with Crippen LogP contribution in [-0.4, -0.2) is 49.4 Å². The zero-order chi connectivity index (χ0) is 32.5. The van der Waals surface area contributed by atoms with Gasteiger partial charge in [-0.25, -0.2) is 0 Å². The summed E-state index contributed by atoms with van der Waals surface area (Å²) in [6, 6.07) is 20.0. The second-order valence-electron chi connectivity index (χ2n) is 16.4. The molecule has 0 heterocycles. The molecular weight excluding hydrogens is 600 g/mol. The molecule has 1 aliphatic rings. The quantitative estimate of drug-likeness (QED) is 0.145. The SMILES string of the molecule is CC(C)(C)[Si](C)(C)OC1CC(=CCP(=O)(c2ccccc2)c2ccccc2)CC(O[Si](C)(C)C(C)(C)C)C1O[Si](C)(C)C. The van der Waals surface area contributed by atoms with Crippen LogP contribution < -0.4 is 10.6 Å². The van der Waals surface area contributed by atoms with E-state index >= 15 is 0 Å². The van der Waals surface area contributed by atoms with Crippen LogP contribution in [0.25, 0.3) is 0 Å². The summed E-state index contributed by atoms with van der Waals surface area (Å²) in [4.78, 5) is 0. The fraction of sp³-hybridized carbons (Fsp3) is 0.600. The predicted molar refractivity (Wildman–Crippen MR) is 194 cm³/mol. The molecule has 0 bridgehead atoms. The van der Waals surface area contributed by atoms with E-state index in [0.29, 0.717) is 6.16 Å². The molecule has 2 aromatic carbocycles. The van der Waals surface area contributed by atoms with E-state index in [2.05, 4.69) is 93.4 Å². The molecule has 1 saturated carbocycles. The van der Waals surface area contributed by atoms with E-state index in [4.69, 9.17) is 13.3 Å². The van der Waals surface area contributed by atoms with Crippen LogP contribution in [0.15, 0.2) is 72.3 Å².